The summed E-state index contributed by atoms with van der Waals surface area (Å²) in [4.78, 5) is 36.1. The van der Waals surface area contributed by atoms with Crippen LogP contribution in [-0.4, -0.2) is 30.1 Å². The number of carbonyl (C=O) groups excluding carboxylic acids is 1. The molecule has 0 aliphatic carbocycles. The van der Waals surface area contributed by atoms with Gasteiger partial charge in [0, 0.05) is 34.9 Å². The molecule has 0 spiro atoms. The first kappa shape index (κ1) is 24.6. The molecule has 1 unspecified atom stereocenters. The molecule has 0 fully saturated rings. The molecule has 0 radical (unpaired) electrons. The van der Waals surface area contributed by atoms with E-state index in [0.29, 0.717) is 27.8 Å². The van der Waals surface area contributed by atoms with Gasteiger partial charge in [-0.15, -0.1) is 5.10 Å². The van der Waals surface area contributed by atoms with E-state index in [1.807, 2.05) is 84.9 Å². The van der Waals surface area contributed by atoms with Gasteiger partial charge in [-0.2, -0.15) is 4.68 Å². The minimum atomic E-state index is -0.520. The lowest BCUT2D eigenvalue weighted by molar-refractivity contribution is 0.0991. The molecule has 40 heavy (non-hydrogen) atoms. The number of H-pyrrole nitrogens is 1. The Kier molecular flexibility index (Phi) is 6.32. The highest BCUT2D eigenvalue weighted by molar-refractivity contribution is 8.00. The highest BCUT2D eigenvalue weighted by atomic mass is 32.2. The van der Waals surface area contributed by atoms with Crippen molar-refractivity contribution in [3.63, 3.8) is 0 Å². The normalized spacial score (nSPS) is 14.2. The van der Waals surface area contributed by atoms with Gasteiger partial charge in [0.25, 0.3) is 5.56 Å². The molecule has 8 heteroatoms. The summed E-state index contributed by atoms with van der Waals surface area (Å²) in [5, 5.41) is 5.77. The number of rotatable bonds is 6. The standard InChI is InChI=1S/C32H27N5O2S/c38-28(24-20-33-25-17-10-9-16-23(24)25)29(21-12-4-1-5-13-21)40-32-34-30-27(26-18-8-3-11-19-36(26)32)31(39)37(35-30)22-14-6-2-7-15-22/h1-2,4-7,9-10,12-17,20,29,33H,3,8,11,18-19H2. The van der Waals surface area contributed by atoms with E-state index >= 15 is 0 Å². The summed E-state index contributed by atoms with van der Waals surface area (Å²) in [6, 6.07) is 27.2. The number of thioether (sulfide) groups is 1. The van der Waals surface area contributed by atoms with E-state index in [-0.39, 0.29) is 11.3 Å². The predicted octanol–water partition coefficient (Wildman–Crippen LogP) is 6.46. The Bertz CT molecular complexity index is 1860. The average molecular weight is 546 g/mol. The van der Waals surface area contributed by atoms with Crippen molar-refractivity contribution < 1.29 is 4.79 Å². The number of Topliss-reactive ketones (excluding diaryl/α,β-unsaturated/α-hetero) is 1. The first-order chi connectivity index (χ1) is 19.7. The maximum atomic E-state index is 14.2. The first-order valence-corrected chi connectivity index (χ1v) is 14.5. The van der Waals surface area contributed by atoms with E-state index in [4.69, 9.17) is 4.98 Å². The van der Waals surface area contributed by atoms with E-state index in [0.717, 1.165) is 54.4 Å². The van der Waals surface area contributed by atoms with Gasteiger partial charge in [0.2, 0.25) is 0 Å². The van der Waals surface area contributed by atoms with Gasteiger partial charge in [-0.05, 0) is 43.0 Å². The SMILES string of the molecule is O=C(c1c[nH]c2ccccc12)C(Sc1nc2nn(-c3ccccc3)c(=O)c-2c2n1CCCCC2)c1ccccc1. The first-order valence-electron chi connectivity index (χ1n) is 13.6. The van der Waals surface area contributed by atoms with Crippen LogP contribution in [-0.2, 0) is 13.0 Å². The molecule has 4 heterocycles. The number of para-hydroxylation sites is 2. The lowest BCUT2D eigenvalue weighted by Gasteiger charge is -2.21. The highest BCUT2D eigenvalue weighted by Gasteiger charge is 2.31. The van der Waals surface area contributed by atoms with Crippen LogP contribution < -0.4 is 5.56 Å². The van der Waals surface area contributed by atoms with Gasteiger partial charge in [0.05, 0.1) is 5.69 Å². The predicted molar refractivity (Wildman–Crippen MR) is 157 cm³/mol. The molecular weight excluding hydrogens is 518 g/mol. The Morgan fingerprint density at radius 3 is 2.48 bits per heavy atom. The molecule has 198 valence electrons. The lowest BCUT2D eigenvalue weighted by Crippen LogP contribution is -2.20. The quantitative estimate of drug-likeness (QED) is 0.148. The molecule has 0 amide bonds. The molecule has 4 aromatic rings. The van der Waals surface area contributed by atoms with E-state index in [1.165, 1.54) is 16.4 Å². The lowest BCUT2D eigenvalue weighted by atomic mass is 10.0. The summed E-state index contributed by atoms with van der Waals surface area (Å²) in [5.41, 5.74) is 4.60. The van der Waals surface area contributed by atoms with Crippen molar-refractivity contribution >= 4 is 28.4 Å². The fourth-order valence-corrected chi connectivity index (χ4v) is 6.82. The van der Waals surface area contributed by atoms with Crippen LogP contribution >= 0.6 is 11.8 Å². The van der Waals surface area contributed by atoms with Crippen molar-refractivity contribution in [3.05, 3.63) is 118 Å². The van der Waals surface area contributed by atoms with Crippen molar-refractivity contribution in [2.45, 2.75) is 42.6 Å². The fraction of sp³-hybridized carbons (Fsp3) is 0.188. The molecule has 1 atom stereocenters. The Hall–Kier alpha value is -4.43. The molecule has 3 aromatic carbocycles. The second-order valence-electron chi connectivity index (χ2n) is 10.1. The van der Waals surface area contributed by atoms with Crippen LogP contribution in [0.1, 0.15) is 46.1 Å². The third-order valence-corrected chi connectivity index (χ3v) is 8.83. The third-order valence-electron chi connectivity index (χ3n) is 7.59. The molecule has 7 rings (SSSR count). The smallest absolute Gasteiger partial charge is 0.284 e. The Labute approximate surface area is 235 Å². The number of nitrogens with zero attached hydrogens (tertiary/aromatic N) is 4. The Balaban J connectivity index is 1.39. The number of hydrogen-bond donors (Lipinski definition) is 1. The second-order valence-corrected chi connectivity index (χ2v) is 11.1. The summed E-state index contributed by atoms with van der Waals surface area (Å²) in [6.07, 6.45) is 5.64. The van der Waals surface area contributed by atoms with Crippen molar-refractivity contribution in [3.8, 4) is 17.1 Å². The van der Waals surface area contributed by atoms with E-state index in [1.54, 1.807) is 6.20 Å². The number of aromatic nitrogens is 5. The monoisotopic (exact) mass is 545 g/mol. The summed E-state index contributed by atoms with van der Waals surface area (Å²) in [7, 11) is 0. The number of hydrogen-bond acceptors (Lipinski definition) is 5. The topological polar surface area (TPSA) is 85.6 Å². The van der Waals surface area contributed by atoms with Crippen LogP contribution in [0.5, 0.6) is 0 Å². The summed E-state index contributed by atoms with van der Waals surface area (Å²) >= 11 is 1.44. The van der Waals surface area contributed by atoms with Crippen LogP contribution in [0.15, 0.2) is 101 Å². The second kappa shape index (κ2) is 10.3. The maximum Gasteiger partial charge on any atom is 0.284 e. The zero-order chi connectivity index (χ0) is 27.1. The van der Waals surface area contributed by atoms with Gasteiger partial charge in [-0.3, -0.25) is 9.59 Å². The Morgan fingerprint density at radius 2 is 1.65 bits per heavy atom. The summed E-state index contributed by atoms with van der Waals surface area (Å²) in [6.45, 7) is 0.749. The van der Waals surface area contributed by atoms with Gasteiger partial charge in [0.1, 0.15) is 10.8 Å². The number of fused-ring (bicyclic) bond motifs is 4. The van der Waals surface area contributed by atoms with E-state index in [9.17, 15) is 9.59 Å². The largest absolute Gasteiger partial charge is 0.360 e. The molecule has 3 aliphatic rings. The average Bonchev–Trinajstić information content (AvgIpc) is 3.48. The molecule has 3 aliphatic heterocycles. The van der Waals surface area contributed by atoms with Crippen molar-refractivity contribution in [2.24, 2.45) is 0 Å². The van der Waals surface area contributed by atoms with Gasteiger partial charge in [0.15, 0.2) is 16.8 Å². The maximum absolute atomic E-state index is 14.2. The van der Waals surface area contributed by atoms with Crippen LogP contribution in [0, 0.1) is 0 Å². The highest BCUT2D eigenvalue weighted by Crippen LogP contribution is 2.40. The van der Waals surface area contributed by atoms with E-state index in [2.05, 4.69) is 14.6 Å². The number of benzene rings is 3. The summed E-state index contributed by atoms with van der Waals surface area (Å²) < 4.78 is 3.61. The zero-order valence-electron chi connectivity index (χ0n) is 21.8. The zero-order valence-corrected chi connectivity index (χ0v) is 22.6. The van der Waals surface area contributed by atoms with Gasteiger partial charge >= 0.3 is 0 Å². The number of nitrogens with one attached hydrogen (secondary N) is 1. The van der Waals surface area contributed by atoms with Crippen LogP contribution in [0.4, 0.5) is 0 Å². The fourth-order valence-electron chi connectivity index (χ4n) is 5.61. The molecule has 1 aromatic heterocycles. The third kappa shape index (κ3) is 4.25. The van der Waals surface area contributed by atoms with Crippen LogP contribution in [0.2, 0.25) is 0 Å². The summed E-state index contributed by atoms with van der Waals surface area (Å²) in [5.74, 6) is 0.439. The van der Waals surface area contributed by atoms with Crippen LogP contribution in [0.3, 0.4) is 0 Å². The number of carbonyl (C=O) groups is 1. The van der Waals surface area contributed by atoms with Crippen molar-refractivity contribution in [1.82, 2.24) is 24.3 Å². The minimum Gasteiger partial charge on any atom is -0.360 e. The van der Waals surface area contributed by atoms with Crippen molar-refractivity contribution in [1.29, 1.82) is 0 Å². The Morgan fingerprint density at radius 1 is 0.900 bits per heavy atom. The number of ketones is 1. The van der Waals surface area contributed by atoms with Gasteiger partial charge in [-0.1, -0.05) is 84.9 Å². The number of aromatic amines is 1. The van der Waals surface area contributed by atoms with Crippen LogP contribution in [0.25, 0.3) is 28.0 Å². The molecule has 0 saturated heterocycles. The minimum absolute atomic E-state index is 0.0119. The van der Waals surface area contributed by atoms with Gasteiger partial charge < -0.3 is 9.55 Å². The molecule has 7 nitrogen and oxygen atoms in total. The van der Waals surface area contributed by atoms with E-state index < -0.39 is 5.25 Å². The van der Waals surface area contributed by atoms with Crippen molar-refractivity contribution in [2.75, 3.05) is 0 Å². The van der Waals surface area contributed by atoms with Gasteiger partial charge in [-0.25, -0.2) is 4.98 Å². The molecule has 1 N–H and O–H groups in total. The molecular formula is C32H27N5O2S. The molecule has 0 bridgehead atoms. The molecule has 0 saturated carbocycles.